The van der Waals surface area contributed by atoms with E-state index in [1.807, 2.05) is 0 Å². The van der Waals surface area contributed by atoms with Crippen molar-refractivity contribution in [1.82, 2.24) is 0 Å². The van der Waals surface area contributed by atoms with Crippen LogP contribution in [0.1, 0.15) is 18.6 Å². The Morgan fingerprint density at radius 3 is 2.53 bits per heavy atom. The Bertz CT molecular complexity index is 370. The van der Waals surface area contributed by atoms with Crippen molar-refractivity contribution in [1.29, 1.82) is 0 Å². The number of benzene rings is 1. The number of aliphatic hydroxyl groups excluding tert-OH is 1. The largest absolute Gasteiger partial charge is 1.00 e. The molecule has 1 aromatic rings. The molecule has 1 unspecified atom stereocenters. The number of aliphatic hydroxyl groups is 1. The summed E-state index contributed by atoms with van der Waals surface area (Å²) < 4.78 is 4.97. The van der Waals surface area contributed by atoms with E-state index in [-0.39, 0.29) is 76.2 Å². The van der Waals surface area contributed by atoms with Crippen LogP contribution in [0, 0.1) is 0 Å². The Morgan fingerprint density at radius 2 is 2.06 bits per heavy atom. The van der Waals surface area contributed by atoms with E-state index >= 15 is 0 Å². The molecular formula is C10H10Na2O5. The number of carbonyl (C=O) groups is 1. The van der Waals surface area contributed by atoms with Crippen molar-refractivity contribution in [3.05, 3.63) is 23.8 Å². The SMILES string of the molecule is CCOc1cc(C(O)C(=O)[O-])ccc1[O-].[Na+].[Na+]. The molecule has 0 aliphatic rings. The Morgan fingerprint density at radius 1 is 1.47 bits per heavy atom. The molecule has 0 fully saturated rings. The van der Waals surface area contributed by atoms with Crippen LogP contribution in [0.25, 0.3) is 0 Å². The smallest absolute Gasteiger partial charge is 0.870 e. The van der Waals surface area contributed by atoms with Gasteiger partial charge in [0.2, 0.25) is 0 Å². The average molecular weight is 256 g/mol. The topological polar surface area (TPSA) is 92.7 Å². The summed E-state index contributed by atoms with van der Waals surface area (Å²) in [6, 6.07) is 3.57. The second-order valence-electron chi connectivity index (χ2n) is 2.86. The number of hydrogen-bond acceptors (Lipinski definition) is 5. The predicted octanol–water partition coefficient (Wildman–Crippen LogP) is -7.05. The second kappa shape index (κ2) is 9.22. The number of ether oxygens (including phenoxy) is 1. The molecule has 17 heavy (non-hydrogen) atoms. The Kier molecular flexibility index (Phi) is 10.6. The van der Waals surface area contributed by atoms with Gasteiger partial charge >= 0.3 is 59.1 Å². The van der Waals surface area contributed by atoms with Gasteiger partial charge < -0.3 is 24.9 Å². The first-order valence-corrected chi connectivity index (χ1v) is 4.39. The van der Waals surface area contributed by atoms with Crippen molar-refractivity contribution in [3.63, 3.8) is 0 Å². The van der Waals surface area contributed by atoms with Crippen molar-refractivity contribution in [2.45, 2.75) is 13.0 Å². The van der Waals surface area contributed by atoms with Crippen LogP contribution in [0.3, 0.4) is 0 Å². The van der Waals surface area contributed by atoms with Crippen LogP contribution in [0.15, 0.2) is 18.2 Å². The Labute approximate surface area is 143 Å². The molecule has 0 saturated heterocycles. The summed E-state index contributed by atoms with van der Waals surface area (Å²) in [4.78, 5) is 10.4. The molecule has 0 amide bonds. The minimum Gasteiger partial charge on any atom is -0.870 e. The third-order valence-electron chi connectivity index (χ3n) is 1.81. The van der Waals surface area contributed by atoms with E-state index in [9.17, 15) is 15.0 Å². The molecule has 0 radical (unpaired) electrons. The van der Waals surface area contributed by atoms with Crippen molar-refractivity contribution in [2.75, 3.05) is 6.61 Å². The minimum atomic E-state index is -1.75. The van der Waals surface area contributed by atoms with Crippen LogP contribution in [-0.4, -0.2) is 17.7 Å². The van der Waals surface area contributed by atoms with Gasteiger partial charge in [-0.05, 0) is 18.6 Å². The van der Waals surface area contributed by atoms with Gasteiger partial charge in [-0.3, -0.25) is 0 Å². The summed E-state index contributed by atoms with van der Waals surface area (Å²) in [5.74, 6) is -1.95. The van der Waals surface area contributed by atoms with E-state index in [0.29, 0.717) is 6.61 Å². The van der Waals surface area contributed by atoms with Gasteiger partial charge in [0.25, 0.3) is 0 Å². The number of aliphatic carboxylic acids is 1. The molecular weight excluding hydrogens is 246 g/mol. The fraction of sp³-hybridized carbons (Fsp3) is 0.300. The summed E-state index contributed by atoms with van der Waals surface area (Å²) in [6.07, 6.45) is -1.75. The fourth-order valence-electron chi connectivity index (χ4n) is 1.10. The number of carboxylic acid groups (broad SMARTS) is 1. The molecule has 0 saturated carbocycles. The van der Waals surface area contributed by atoms with Crippen molar-refractivity contribution < 1.29 is 84.0 Å². The van der Waals surface area contributed by atoms with Crippen molar-refractivity contribution in [2.24, 2.45) is 0 Å². The molecule has 1 atom stereocenters. The molecule has 0 aliphatic heterocycles. The van der Waals surface area contributed by atoms with Crippen LogP contribution in [0.4, 0.5) is 0 Å². The molecule has 0 aromatic heterocycles. The molecule has 0 bridgehead atoms. The Hall–Kier alpha value is 0.250. The molecule has 1 rings (SSSR count). The molecule has 0 heterocycles. The van der Waals surface area contributed by atoms with Crippen LogP contribution in [0.2, 0.25) is 0 Å². The van der Waals surface area contributed by atoms with Gasteiger partial charge in [-0.2, -0.15) is 0 Å². The van der Waals surface area contributed by atoms with Gasteiger partial charge in [0.1, 0.15) is 11.9 Å². The maximum Gasteiger partial charge on any atom is 1.00 e. The van der Waals surface area contributed by atoms with Crippen LogP contribution in [0.5, 0.6) is 11.5 Å². The zero-order chi connectivity index (χ0) is 11.4. The zero-order valence-corrected chi connectivity index (χ0v) is 14.1. The molecule has 82 valence electrons. The summed E-state index contributed by atoms with van der Waals surface area (Å²) in [5, 5.41) is 30.7. The number of rotatable bonds is 4. The summed E-state index contributed by atoms with van der Waals surface area (Å²) in [5.41, 5.74) is 0.0676. The first kappa shape index (κ1) is 19.6. The van der Waals surface area contributed by atoms with Crippen molar-refractivity contribution in [3.8, 4) is 11.5 Å². The normalized spacial score (nSPS) is 10.7. The van der Waals surface area contributed by atoms with E-state index in [0.717, 1.165) is 6.07 Å². The standard InChI is InChI=1S/C10H12O5.2Na/c1-2-15-8-5-6(3-4-7(8)11)9(12)10(13)14;;/h3-5,9,11-12H,2H2,1H3,(H,13,14);;/q;2*+1/p-2. The summed E-state index contributed by atoms with van der Waals surface area (Å²) >= 11 is 0. The van der Waals surface area contributed by atoms with E-state index in [1.165, 1.54) is 12.1 Å². The summed E-state index contributed by atoms with van der Waals surface area (Å²) in [7, 11) is 0. The minimum absolute atomic E-state index is 0. The quantitative estimate of drug-likeness (QED) is 0.540. The van der Waals surface area contributed by atoms with Gasteiger partial charge in [-0.15, -0.1) is 0 Å². The van der Waals surface area contributed by atoms with Crippen LogP contribution >= 0.6 is 0 Å². The monoisotopic (exact) mass is 256 g/mol. The number of hydrogen-bond donors (Lipinski definition) is 1. The molecule has 1 aromatic carbocycles. The molecule has 1 N–H and O–H groups in total. The second-order valence-corrected chi connectivity index (χ2v) is 2.86. The fourth-order valence-corrected chi connectivity index (χ4v) is 1.10. The van der Waals surface area contributed by atoms with Gasteiger partial charge in [0.15, 0.2) is 0 Å². The van der Waals surface area contributed by atoms with Gasteiger partial charge in [-0.25, -0.2) is 0 Å². The summed E-state index contributed by atoms with van der Waals surface area (Å²) in [6.45, 7) is 1.99. The number of carboxylic acids is 1. The first-order valence-electron chi connectivity index (χ1n) is 4.39. The maximum absolute atomic E-state index is 11.2. The van der Waals surface area contributed by atoms with E-state index in [1.54, 1.807) is 6.92 Å². The average Bonchev–Trinajstić information content (AvgIpc) is 2.20. The third-order valence-corrected chi connectivity index (χ3v) is 1.81. The number of carbonyl (C=O) groups excluding carboxylic acids is 1. The molecule has 0 spiro atoms. The predicted molar refractivity (Wildman–Crippen MR) is 47.0 cm³/mol. The van der Waals surface area contributed by atoms with Crippen molar-refractivity contribution >= 4 is 5.97 Å². The van der Waals surface area contributed by atoms with Crippen LogP contribution < -0.4 is 74.1 Å². The van der Waals surface area contributed by atoms with E-state index < -0.39 is 12.1 Å². The molecule has 7 heteroatoms. The first-order chi connectivity index (χ1) is 7.06. The van der Waals surface area contributed by atoms with Gasteiger partial charge in [0.05, 0.1) is 12.6 Å². The van der Waals surface area contributed by atoms with Crippen LogP contribution in [-0.2, 0) is 4.79 Å². The third kappa shape index (κ3) is 5.61. The molecule has 0 aliphatic carbocycles. The van der Waals surface area contributed by atoms with Gasteiger partial charge in [-0.1, -0.05) is 17.9 Å². The van der Waals surface area contributed by atoms with E-state index in [4.69, 9.17) is 9.84 Å². The Balaban J connectivity index is 0. The maximum atomic E-state index is 11.2. The van der Waals surface area contributed by atoms with Gasteiger partial charge in [0, 0.05) is 0 Å². The van der Waals surface area contributed by atoms with E-state index in [2.05, 4.69) is 0 Å². The zero-order valence-electron chi connectivity index (χ0n) is 10.1. The molecule has 5 nitrogen and oxygen atoms in total.